The molecule has 1 aliphatic rings. The first-order valence-electron chi connectivity index (χ1n) is 6.61. The summed E-state index contributed by atoms with van der Waals surface area (Å²) in [4.78, 5) is 24.4. The van der Waals surface area contributed by atoms with Gasteiger partial charge >= 0.3 is 5.97 Å². The predicted molar refractivity (Wildman–Crippen MR) is 79.1 cm³/mol. The maximum absolute atomic E-state index is 12.1. The lowest BCUT2D eigenvalue weighted by molar-refractivity contribution is -0.145. The van der Waals surface area contributed by atoms with Crippen molar-refractivity contribution in [1.82, 2.24) is 4.90 Å². The zero-order valence-electron chi connectivity index (χ0n) is 11.4. The molecule has 6 heteroatoms. The molecule has 0 radical (unpaired) electrons. The molecule has 112 valence electrons. The quantitative estimate of drug-likeness (QED) is 0.865. The summed E-state index contributed by atoms with van der Waals surface area (Å²) in [6.45, 7) is 1.10. The predicted octanol–water partition coefficient (Wildman–Crippen LogP) is 2.06. The number of halogens is 1. The Kier molecular flexibility index (Phi) is 5.36. The Balaban J connectivity index is 1.96. The lowest BCUT2D eigenvalue weighted by Gasteiger charge is -2.31. The average molecular weight is 310 g/mol. The Labute approximate surface area is 127 Å². The van der Waals surface area contributed by atoms with Crippen molar-refractivity contribution in [1.29, 1.82) is 0 Å². The van der Waals surface area contributed by atoms with Crippen molar-refractivity contribution in [2.45, 2.75) is 12.5 Å². The van der Waals surface area contributed by atoms with Crippen molar-refractivity contribution in [3.8, 4) is 0 Å². The number of carbonyl (C=O) groups is 2. The molecule has 0 bridgehead atoms. The van der Waals surface area contributed by atoms with Crippen molar-refractivity contribution in [2.24, 2.45) is 0 Å². The van der Waals surface area contributed by atoms with Gasteiger partial charge in [0.2, 0.25) is 5.91 Å². The normalized spacial score (nSPS) is 18.9. The fraction of sp³-hybridized carbons (Fsp3) is 0.333. The molecule has 0 saturated carbocycles. The van der Waals surface area contributed by atoms with Crippen LogP contribution in [0.1, 0.15) is 12.0 Å². The van der Waals surface area contributed by atoms with Crippen molar-refractivity contribution >= 4 is 29.6 Å². The first kappa shape index (κ1) is 15.5. The first-order valence-corrected chi connectivity index (χ1v) is 6.99. The molecule has 0 aromatic heterocycles. The molecular weight excluding hydrogens is 294 g/mol. The van der Waals surface area contributed by atoms with Crippen molar-refractivity contribution < 1.29 is 19.4 Å². The highest BCUT2D eigenvalue weighted by atomic mass is 35.5. The summed E-state index contributed by atoms with van der Waals surface area (Å²) in [5, 5.41) is 9.34. The average Bonchev–Trinajstić information content (AvgIpc) is 2.45. The molecule has 1 saturated heterocycles. The lowest BCUT2D eigenvalue weighted by atomic mass is 10.2. The molecule has 1 N–H and O–H groups in total. The second-order valence-corrected chi connectivity index (χ2v) is 5.14. The standard InChI is InChI=1S/C15H16ClNO4/c16-13-4-2-1-3-11(13)5-6-14(18)17-7-8-21-12(10-17)9-15(19)20/h1-6,12H,7-10H2,(H,19,20)/b6-5-/t12-/m0/s1. The molecule has 21 heavy (non-hydrogen) atoms. The molecule has 1 aliphatic heterocycles. The molecular formula is C15H16ClNO4. The van der Waals surface area contributed by atoms with E-state index in [-0.39, 0.29) is 18.9 Å². The van der Waals surface area contributed by atoms with Gasteiger partial charge in [-0.3, -0.25) is 9.59 Å². The molecule has 1 aromatic carbocycles. The molecule has 1 heterocycles. The highest BCUT2D eigenvalue weighted by Crippen LogP contribution is 2.17. The summed E-state index contributed by atoms with van der Waals surface area (Å²) in [5.74, 6) is -1.10. The molecule has 1 atom stereocenters. The number of ether oxygens (including phenoxy) is 1. The van der Waals surface area contributed by atoms with E-state index in [0.29, 0.717) is 18.2 Å². The Hall–Kier alpha value is -1.85. The van der Waals surface area contributed by atoms with Crippen molar-refractivity contribution in [3.05, 3.63) is 40.9 Å². The van der Waals surface area contributed by atoms with Crippen LogP contribution in [-0.2, 0) is 14.3 Å². The number of nitrogens with zero attached hydrogens (tertiary/aromatic N) is 1. The van der Waals surface area contributed by atoms with E-state index in [1.165, 1.54) is 6.08 Å². The Morgan fingerprint density at radius 3 is 2.90 bits per heavy atom. The second kappa shape index (κ2) is 7.24. The van der Waals surface area contributed by atoms with E-state index in [4.69, 9.17) is 21.4 Å². The number of aliphatic carboxylic acids is 1. The van der Waals surface area contributed by atoms with E-state index in [2.05, 4.69) is 0 Å². The Morgan fingerprint density at radius 2 is 2.19 bits per heavy atom. The summed E-state index contributed by atoms with van der Waals surface area (Å²) in [6.07, 6.45) is 2.56. The summed E-state index contributed by atoms with van der Waals surface area (Å²) >= 11 is 6.01. The van der Waals surface area contributed by atoms with Gasteiger partial charge in [0.15, 0.2) is 0 Å². The van der Waals surface area contributed by atoms with Gasteiger partial charge in [-0.25, -0.2) is 0 Å². The smallest absolute Gasteiger partial charge is 0.306 e. The topological polar surface area (TPSA) is 66.8 Å². The van der Waals surface area contributed by atoms with E-state index < -0.39 is 12.1 Å². The third-order valence-corrected chi connectivity index (χ3v) is 3.51. The maximum Gasteiger partial charge on any atom is 0.306 e. The molecule has 0 spiro atoms. The second-order valence-electron chi connectivity index (χ2n) is 4.73. The Bertz CT molecular complexity index is 558. The van der Waals surface area contributed by atoms with Gasteiger partial charge in [0.05, 0.1) is 19.1 Å². The fourth-order valence-corrected chi connectivity index (χ4v) is 2.31. The SMILES string of the molecule is O=C(O)C[C@H]1CN(C(=O)/C=C\c2ccccc2Cl)CCO1. The molecule has 5 nitrogen and oxygen atoms in total. The minimum Gasteiger partial charge on any atom is -0.481 e. The molecule has 0 unspecified atom stereocenters. The largest absolute Gasteiger partial charge is 0.481 e. The van der Waals surface area contributed by atoms with Crippen LogP contribution in [0.5, 0.6) is 0 Å². The van der Waals surface area contributed by atoms with Crippen LogP contribution in [0.2, 0.25) is 5.02 Å². The molecule has 1 aromatic rings. The van der Waals surface area contributed by atoms with Crippen molar-refractivity contribution in [2.75, 3.05) is 19.7 Å². The van der Waals surface area contributed by atoms with Crippen LogP contribution in [0, 0.1) is 0 Å². The fourth-order valence-electron chi connectivity index (χ4n) is 2.11. The summed E-state index contributed by atoms with van der Waals surface area (Å²) in [7, 11) is 0. The number of carbonyl (C=O) groups excluding carboxylic acids is 1. The summed E-state index contributed by atoms with van der Waals surface area (Å²) in [5.41, 5.74) is 0.767. The number of carboxylic acid groups (broad SMARTS) is 1. The van der Waals surface area contributed by atoms with Gasteiger partial charge in [0, 0.05) is 24.2 Å². The monoisotopic (exact) mass is 309 g/mol. The van der Waals surface area contributed by atoms with E-state index in [1.807, 2.05) is 18.2 Å². The van der Waals surface area contributed by atoms with Gasteiger partial charge < -0.3 is 14.7 Å². The highest BCUT2D eigenvalue weighted by Gasteiger charge is 2.24. The number of benzene rings is 1. The number of hydrogen-bond acceptors (Lipinski definition) is 3. The highest BCUT2D eigenvalue weighted by molar-refractivity contribution is 6.32. The third-order valence-electron chi connectivity index (χ3n) is 3.16. The molecule has 2 rings (SSSR count). The first-order chi connectivity index (χ1) is 10.1. The van der Waals surface area contributed by atoms with Crippen LogP contribution in [0.25, 0.3) is 6.08 Å². The number of rotatable bonds is 4. The van der Waals surface area contributed by atoms with E-state index in [9.17, 15) is 9.59 Å². The van der Waals surface area contributed by atoms with E-state index >= 15 is 0 Å². The minimum absolute atomic E-state index is 0.0992. The lowest BCUT2D eigenvalue weighted by Crippen LogP contribution is -2.45. The van der Waals surface area contributed by atoms with E-state index in [0.717, 1.165) is 5.56 Å². The van der Waals surface area contributed by atoms with Crippen LogP contribution < -0.4 is 0 Å². The summed E-state index contributed by atoms with van der Waals surface area (Å²) in [6, 6.07) is 7.23. The van der Waals surface area contributed by atoms with Gasteiger partial charge in [-0.15, -0.1) is 0 Å². The summed E-state index contributed by atoms with van der Waals surface area (Å²) < 4.78 is 5.33. The van der Waals surface area contributed by atoms with Crippen LogP contribution in [0.4, 0.5) is 0 Å². The third kappa shape index (κ3) is 4.58. The molecule has 0 aliphatic carbocycles. The number of morpholine rings is 1. The van der Waals surface area contributed by atoms with Crippen LogP contribution in [0.3, 0.4) is 0 Å². The van der Waals surface area contributed by atoms with E-state index in [1.54, 1.807) is 17.0 Å². The molecule has 1 amide bonds. The van der Waals surface area contributed by atoms with Gasteiger partial charge in [-0.05, 0) is 17.7 Å². The van der Waals surface area contributed by atoms with Gasteiger partial charge in [-0.2, -0.15) is 0 Å². The Morgan fingerprint density at radius 1 is 1.43 bits per heavy atom. The van der Waals surface area contributed by atoms with Crippen LogP contribution in [0.15, 0.2) is 30.3 Å². The zero-order chi connectivity index (χ0) is 15.2. The minimum atomic E-state index is -0.930. The van der Waals surface area contributed by atoms with Gasteiger partial charge in [0.25, 0.3) is 0 Å². The van der Waals surface area contributed by atoms with Crippen molar-refractivity contribution in [3.63, 3.8) is 0 Å². The zero-order valence-corrected chi connectivity index (χ0v) is 12.1. The maximum atomic E-state index is 12.1. The molecule has 1 fully saturated rings. The van der Waals surface area contributed by atoms with Gasteiger partial charge in [0.1, 0.15) is 0 Å². The number of hydrogen-bond donors (Lipinski definition) is 1. The van der Waals surface area contributed by atoms with Gasteiger partial charge in [-0.1, -0.05) is 29.8 Å². The number of amides is 1. The van der Waals surface area contributed by atoms with Crippen LogP contribution >= 0.6 is 11.6 Å². The number of carboxylic acids is 1. The van der Waals surface area contributed by atoms with Crippen LogP contribution in [-0.4, -0.2) is 47.7 Å².